The van der Waals surface area contributed by atoms with Crippen molar-refractivity contribution < 1.29 is 9.90 Å². The molecule has 0 aliphatic heterocycles. The van der Waals surface area contributed by atoms with E-state index in [2.05, 4.69) is 21.2 Å². The van der Waals surface area contributed by atoms with E-state index >= 15 is 0 Å². The van der Waals surface area contributed by atoms with Crippen molar-refractivity contribution in [2.24, 2.45) is 0 Å². The predicted molar refractivity (Wildman–Crippen MR) is 75.7 cm³/mol. The highest BCUT2D eigenvalue weighted by Gasteiger charge is 2.34. The Morgan fingerprint density at radius 1 is 1.50 bits per heavy atom. The first kappa shape index (κ1) is 15.1. The molecule has 0 aliphatic carbocycles. The van der Waals surface area contributed by atoms with Crippen LogP contribution in [0.1, 0.15) is 12.5 Å². The van der Waals surface area contributed by atoms with Crippen molar-refractivity contribution in [2.45, 2.75) is 12.5 Å². The predicted octanol–water partition coefficient (Wildman–Crippen LogP) is 1.90. The summed E-state index contributed by atoms with van der Waals surface area (Å²) in [5, 5.41) is 12.6. The first-order valence-electron chi connectivity index (χ1n) is 5.75. The number of aliphatic carboxylic acids is 1. The van der Waals surface area contributed by atoms with E-state index in [4.69, 9.17) is 0 Å². The summed E-state index contributed by atoms with van der Waals surface area (Å²) >= 11 is 3.37. The zero-order valence-corrected chi connectivity index (χ0v) is 12.5. The molecule has 0 saturated carbocycles. The van der Waals surface area contributed by atoms with Crippen molar-refractivity contribution >= 4 is 21.9 Å². The number of hydrogen-bond donors (Lipinski definition) is 2. The Balaban J connectivity index is 2.90. The van der Waals surface area contributed by atoms with Crippen LogP contribution in [0, 0.1) is 0 Å². The Morgan fingerprint density at radius 2 is 2.17 bits per heavy atom. The summed E-state index contributed by atoms with van der Waals surface area (Å²) in [6.45, 7) is 3.09. The van der Waals surface area contributed by atoms with Crippen molar-refractivity contribution in [2.75, 3.05) is 27.2 Å². The lowest BCUT2D eigenvalue weighted by molar-refractivity contribution is -0.144. The molecule has 1 aromatic rings. The van der Waals surface area contributed by atoms with Crippen LogP contribution in [0.4, 0.5) is 0 Å². The SMILES string of the molecule is CN(C)CCNC(C)(C(=O)O)c1cccc(Br)c1. The molecule has 0 aliphatic rings. The number of carbonyl (C=O) groups is 1. The van der Waals surface area contributed by atoms with Gasteiger partial charge < -0.3 is 10.0 Å². The second-order valence-electron chi connectivity index (χ2n) is 4.67. The van der Waals surface area contributed by atoms with Crippen LogP contribution in [0.2, 0.25) is 0 Å². The van der Waals surface area contributed by atoms with Crippen LogP contribution in [-0.2, 0) is 10.3 Å². The van der Waals surface area contributed by atoms with Crippen molar-refractivity contribution in [3.8, 4) is 0 Å². The number of halogens is 1. The van der Waals surface area contributed by atoms with Crippen molar-refractivity contribution in [3.63, 3.8) is 0 Å². The molecule has 1 rings (SSSR count). The first-order valence-corrected chi connectivity index (χ1v) is 6.55. The average Bonchev–Trinajstić information content (AvgIpc) is 2.28. The molecule has 0 fully saturated rings. The Hall–Kier alpha value is -0.910. The number of likely N-dealkylation sites (N-methyl/N-ethyl adjacent to an activating group) is 1. The van der Waals surface area contributed by atoms with Crippen LogP contribution in [-0.4, -0.2) is 43.2 Å². The van der Waals surface area contributed by atoms with Gasteiger partial charge in [-0.15, -0.1) is 0 Å². The quantitative estimate of drug-likeness (QED) is 0.842. The van der Waals surface area contributed by atoms with Gasteiger partial charge in [-0.05, 0) is 38.7 Å². The lowest BCUT2D eigenvalue weighted by Crippen LogP contribution is -2.48. The van der Waals surface area contributed by atoms with Gasteiger partial charge in [0.15, 0.2) is 0 Å². The number of benzene rings is 1. The lowest BCUT2D eigenvalue weighted by Gasteiger charge is -2.28. The molecule has 0 spiro atoms. The van der Waals surface area contributed by atoms with Crippen molar-refractivity contribution in [1.82, 2.24) is 10.2 Å². The highest BCUT2D eigenvalue weighted by molar-refractivity contribution is 9.10. The molecule has 0 bridgehead atoms. The second-order valence-corrected chi connectivity index (χ2v) is 5.59. The minimum atomic E-state index is -1.07. The summed E-state index contributed by atoms with van der Waals surface area (Å²) < 4.78 is 0.877. The number of nitrogens with one attached hydrogen (secondary N) is 1. The van der Waals surface area contributed by atoms with Gasteiger partial charge in [-0.2, -0.15) is 0 Å². The van der Waals surface area contributed by atoms with E-state index in [9.17, 15) is 9.90 Å². The van der Waals surface area contributed by atoms with Crippen LogP contribution in [0.15, 0.2) is 28.7 Å². The molecule has 0 heterocycles. The largest absolute Gasteiger partial charge is 0.480 e. The monoisotopic (exact) mass is 314 g/mol. The molecular weight excluding hydrogens is 296 g/mol. The molecule has 1 atom stereocenters. The van der Waals surface area contributed by atoms with Crippen LogP contribution in [0.25, 0.3) is 0 Å². The molecule has 100 valence electrons. The molecule has 0 amide bonds. The molecule has 0 aromatic heterocycles. The van der Waals surface area contributed by atoms with Gasteiger partial charge in [-0.1, -0.05) is 28.1 Å². The average molecular weight is 315 g/mol. The normalized spacial score (nSPS) is 14.5. The fraction of sp³-hybridized carbons (Fsp3) is 0.462. The Morgan fingerprint density at radius 3 is 2.67 bits per heavy atom. The van der Waals surface area contributed by atoms with Gasteiger partial charge in [-0.3, -0.25) is 5.32 Å². The minimum absolute atomic E-state index is 0.613. The summed E-state index contributed by atoms with van der Waals surface area (Å²) in [6, 6.07) is 7.37. The summed E-state index contributed by atoms with van der Waals surface area (Å²) in [4.78, 5) is 13.5. The Kier molecular flexibility index (Phi) is 5.31. The van der Waals surface area contributed by atoms with E-state index in [1.807, 2.05) is 43.3 Å². The summed E-state index contributed by atoms with van der Waals surface area (Å²) in [6.07, 6.45) is 0. The number of nitrogens with zero attached hydrogens (tertiary/aromatic N) is 1. The van der Waals surface area contributed by atoms with Gasteiger partial charge in [-0.25, -0.2) is 4.79 Å². The van der Waals surface area contributed by atoms with Crippen molar-refractivity contribution in [1.29, 1.82) is 0 Å². The molecule has 1 aromatic carbocycles. The van der Waals surface area contributed by atoms with Gasteiger partial charge in [0, 0.05) is 17.6 Å². The fourth-order valence-corrected chi connectivity index (χ4v) is 2.03. The second kappa shape index (κ2) is 6.31. The van der Waals surface area contributed by atoms with Gasteiger partial charge in [0.1, 0.15) is 5.54 Å². The van der Waals surface area contributed by atoms with Gasteiger partial charge >= 0.3 is 5.97 Å². The van der Waals surface area contributed by atoms with Crippen molar-refractivity contribution in [3.05, 3.63) is 34.3 Å². The van der Waals surface area contributed by atoms with E-state index in [0.29, 0.717) is 6.54 Å². The number of carboxylic acids is 1. The first-order chi connectivity index (χ1) is 8.36. The smallest absolute Gasteiger partial charge is 0.328 e. The maximum Gasteiger partial charge on any atom is 0.328 e. The summed E-state index contributed by atoms with van der Waals surface area (Å²) in [5.74, 6) is -0.876. The molecule has 2 N–H and O–H groups in total. The zero-order valence-electron chi connectivity index (χ0n) is 10.9. The molecule has 0 saturated heterocycles. The third-order valence-electron chi connectivity index (χ3n) is 2.87. The molecule has 1 unspecified atom stereocenters. The van der Waals surface area contributed by atoms with Gasteiger partial charge in [0.2, 0.25) is 0 Å². The van der Waals surface area contributed by atoms with Gasteiger partial charge in [0.05, 0.1) is 0 Å². The molecule has 18 heavy (non-hydrogen) atoms. The fourth-order valence-electron chi connectivity index (χ4n) is 1.63. The standard InChI is InChI=1S/C13H19BrN2O2/c1-13(12(17)18,15-7-8-16(2)3)10-5-4-6-11(14)9-10/h4-6,9,15H,7-8H2,1-3H3,(H,17,18). The molecule has 5 heteroatoms. The third-order valence-corrected chi connectivity index (χ3v) is 3.36. The molecular formula is C13H19BrN2O2. The van der Waals surface area contributed by atoms with E-state index < -0.39 is 11.5 Å². The minimum Gasteiger partial charge on any atom is -0.480 e. The van der Waals surface area contributed by atoms with Crippen LogP contribution in [0.5, 0.6) is 0 Å². The van der Waals surface area contributed by atoms with Crippen LogP contribution in [0.3, 0.4) is 0 Å². The topological polar surface area (TPSA) is 52.6 Å². The van der Waals surface area contributed by atoms with Gasteiger partial charge in [0.25, 0.3) is 0 Å². The Bertz CT molecular complexity index is 423. The zero-order chi connectivity index (χ0) is 13.8. The Labute approximate surface area is 116 Å². The van der Waals surface area contributed by atoms with Crippen LogP contribution >= 0.6 is 15.9 Å². The molecule has 4 nitrogen and oxygen atoms in total. The highest BCUT2D eigenvalue weighted by atomic mass is 79.9. The van der Waals surface area contributed by atoms with E-state index in [-0.39, 0.29) is 0 Å². The number of hydrogen-bond acceptors (Lipinski definition) is 3. The number of carboxylic acid groups (broad SMARTS) is 1. The maximum atomic E-state index is 11.5. The summed E-state index contributed by atoms with van der Waals surface area (Å²) in [5.41, 5.74) is -0.331. The number of rotatable bonds is 6. The maximum absolute atomic E-state index is 11.5. The summed E-state index contributed by atoms with van der Waals surface area (Å²) in [7, 11) is 3.91. The highest BCUT2D eigenvalue weighted by Crippen LogP contribution is 2.24. The van der Waals surface area contributed by atoms with E-state index in [1.165, 1.54) is 0 Å². The lowest BCUT2D eigenvalue weighted by atomic mass is 9.92. The third kappa shape index (κ3) is 3.80. The molecule has 0 radical (unpaired) electrons. The van der Waals surface area contributed by atoms with E-state index in [0.717, 1.165) is 16.6 Å². The van der Waals surface area contributed by atoms with Crippen LogP contribution < -0.4 is 5.32 Å². The van der Waals surface area contributed by atoms with E-state index in [1.54, 1.807) is 6.92 Å².